The smallest absolute Gasteiger partial charge is 0.328 e. The highest BCUT2D eigenvalue weighted by molar-refractivity contribution is 6.25. The van der Waals surface area contributed by atoms with E-state index in [0.717, 1.165) is 31.9 Å². The van der Waals surface area contributed by atoms with Gasteiger partial charge in [-0.25, -0.2) is 4.79 Å². The second kappa shape index (κ2) is 11.6. The average molecular weight is 381 g/mol. The Morgan fingerprint density at radius 3 is 2.30 bits per heavy atom. The lowest BCUT2D eigenvalue weighted by molar-refractivity contribution is -0.154. The van der Waals surface area contributed by atoms with Crippen molar-refractivity contribution in [2.45, 2.75) is 90.6 Å². The Morgan fingerprint density at radius 2 is 1.78 bits per heavy atom. The monoisotopic (exact) mass is 381 g/mol. The number of Topliss-reactive ketones (excluding diaryl/α,β-unsaturated/α-hetero) is 1. The van der Waals surface area contributed by atoms with Crippen LogP contribution in [-0.2, 0) is 23.9 Å². The van der Waals surface area contributed by atoms with Gasteiger partial charge in [0.25, 0.3) is 0 Å². The van der Waals surface area contributed by atoms with Crippen molar-refractivity contribution < 1.29 is 28.6 Å². The molecule has 27 heavy (non-hydrogen) atoms. The number of nitrogens with one attached hydrogen (secondary N) is 1. The number of carbonyl (C=O) groups is 3. The predicted molar refractivity (Wildman–Crippen MR) is 99.1 cm³/mol. The normalized spacial score (nSPS) is 16.7. The first kappa shape index (κ1) is 23.0. The van der Waals surface area contributed by atoms with Crippen LogP contribution in [0.3, 0.4) is 0 Å². The van der Waals surface area contributed by atoms with Gasteiger partial charge in [0, 0.05) is 6.42 Å². The van der Waals surface area contributed by atoms with Crippen LogP contribution in [0.4, 0.5) is 0 Å². The predicted octanol–water partition coefficient (Wildman–Crippen LogP) is 2.06. The summed E-state index contributed by atoms with van der Waals surface area (Å²) in [5, 5.41) is 2.70. The molecule has 1 saturated carbocycles. The van der Waals surface area contributed by atoms with E-state index in [1.54, 1.807) is 13.8 Å². The maximum Gasteiger partial charge on any atom is 0.328 e. The fourth-order valence-electron chi connectivity index (χ4n) is 3.17. The molecule has 8 heteroatoms. The molecule has 0 radical (unpaired) electrons. The van der Waals surface area contributed by atoms with Crippen LogP contribution >= 0.6 is 0 Å². The van der Waals surface area contributed by atoms with Gasteiger partial charge < -0.3 is 20.3 Å². The van der Waals surface area contributed by atoms with Crippen molar-refractivity contribution >= 4 is 23.9 Å². The third-order valence-electron chi connectivity index (χ3n) is 4.34. The van der Waals surface area contributed by atoms with Crippen molar-refractivity contribution in [2.75, 3.05) is 0 Å². The van der Waals surface area contributed by atoms with Crippen molar-refractivity contribution in [1.29, 1.82) is 0 Å². The Bertz CT molecular complexity index is 564. The highest BCUT2D eigenvalue weighted by atomic mass is 16.5. The molecule has 1 amide bonds. The van der Waals surface area contributed by atoms with Gasteiger partial charge in [-0.1, -0.05) is 12.8 Å². The molecule has 1 aliphatic carbocycles. The summed E-state index contributed by atoms with van der Waals surface area (Å²) >= 11 is 0. The van der Waals surface area contributed by atoms with Crippen LogP contribution < -0.4 is 5.32 Å². The lowest BCUT2D eigenvalue weighted by atomic mass is 9.99. The van der Waals surface area contributed by atoms with Crippen molar-refractivity contribution in [3.63, 3.8) is 0 Å². The minimum Gasteiger partial charge on any atom is -0.461 e. The van der Waals surface area contributed by atoms with E-state index in [1.807, 2.05) is 13.8 Å². The lowest BCUT2D eigenvalue weighted by Gasteiger charge is -2.27. The van der Waals surface area contributed by atoms with E-state index in [4.69, 9.17) is 15.0 Å². The minimum absolute atomic E-state index is 0.0542. The van der Waals surface area contributed by atoms with Gasteiger partial charge in [-0.2, -0.15) is 4.79 Å². The van der Waals surface area contributed by atoms with Crippen molar-refractivity contribution in [3.8, 4) is 0 Å². The van der Waals surface area contributed by atoms with Crippen LogP contribution in [0.2, 0.25) is 0 Å². The maximum absolute atomic E-state index is 12.8. The summed E-state index contributed by atoms with van der Waals surface area (Å²) in [5.41, 5.74) is 8.42. The molecule has 0 spiro atoms. The van der Waals surface area contributed by atoms with Gasteiger partial charge in [0.1, 0.15) is 12.1 Å². The molecule has 152 valence electrons. The number of ether oxygens (including phenoxy) is 2. The lowest BCUT2D eigenvalue weighted by Crippen LogP contribution is -2.49. The van der Waals surface area contributed by atoms with Gasteiger partial charge in [-0.05, 0) is 52.9 Å². The molecular weight excluding hydrogens is 350 g/mol. The fraction of sp³-hybridized carbons (Fsp3) is 0.789. The largest absolute Gasteiger partial charge is 0.461 e. The summed E-state index contributed by atoms with van der Waals surface area (Å²) in [7, 11) is 0. The number of hydrogen-bond donors (Lipinski definition) is 1. The Kier molecular flexibility index (Phi) is 9.89. The molecule has 0 aliphatic heterocycles. The van der Waals surface area contributed by atoms with Crippen molar-refractivity contribution in [2.24, 2.45) is 5.92 Å². The van der Waals surface area contributed by atoms with Crippen molar-refractivity contribution in [1.82, 2.24) is 5.32 Å². The zero-order valence-electron chi connectivity index (χ0n) is 16.6. The third-order valence-corrected chi connectivity index (χ3v) is 4.34. The Morgan fingerprint density at radius 1 is 1.15 bits per heavy atom. The molecule has 1 aliphatic rings. The van der Waals surface area contributed by atoms with Gasteiger partial charge in [0.15, 0.2) is 0 Å². The first-order valence-electron chi connectivity index (χ1n) is 9.61. The molecule has 0 unspecified atom stereocenters. The fourth-order valence-corrected chi connectivity index (χ4v) is 3.17. The quantitative estimate of drug-likeness (QED) is 0.254. The highest BCUT2D eigenvalue weighted by Crippen LogP contribution is 2.30. The highest BCUT2D eigenvalue weighted by Gasteiger charge is 2.35. The van der Waals surface area contributed by atoms with E-state index in [2.05, 4.69) is 10.1 Å². The van der Waals surface area contributed by atoms with Crippen molar-refractivity contribution in [3.05, 3.63) is 5.53 Å². The first-order chi connectivity index (χ1) is 12.7. The summed E-state index contributed by atoms with van der Waals surface area (Å²) in [6.45, 7) is 7.16. The van der Waals surface area contributed by atoms with Gasteiger partial charge in [0.05, 0.1) is 12.2 Å². The van der Waals surface area contributed by atoms with Crippen LogP contribution in [0, 0.1) is 5.92 Å². The minimum atomic E-state index is -0.962. The molecule has 8 nitrogen and oxygen atoms in total. The third kappa shape index (κ3) is 8.45. The zero-order valence-corrected chi connectivity index (χ0v) is 16.6. The summed E-state index contributed by atoms with van der Waals surface area (Å²) in [4.78, 5) is 39.4. The van der Waals surface area contributed by atoms with Gasteiger partial charge >= 0.3 is 12.2 Å². The number of carbonyl (C=O) groups excluding carboxylic acids is 3. The summed E-state index contributed by atoms with van der Waals surface area (Å²) < 4.78 is 11.0. The van der Waals surface area contributed by atoms with Crippen LogP contribution in [0.15, 0.2) is 0 Å². The molecule has 0 aromatic rings. The van der Waals surface area contributed by atoms with E-state index < -0.39 is 23.9 Å². The number of esters is 1. The Labute approximate surface area is 160 Å². The molecular formula is C19H31N3O5. The van der Waals surface area contributed by atoms with E-state index in [0.29, 0.717) is 0 Å². The summed E-state index contributed by atoms with van der Waals surface area (Å²) in [6.07, 6.45) is 3.63. The summed E-state index contributed by atoms with van der Waals surface area (Å²) in [6, 6.07) is -0.962. The van der Waals surface area contributed by atoms with Crippen LogP contribution in [-0.4, -0.2) is 53.0 Å². The van der Waals surface area contributed by atoms with E-state index in [9.17, 15) is 14.4 Å². The second-order valence-electron chi connectivity index (χ2n) is 7.45. The Hall–Kier alpha value is -2.05. The number of ketones is 1. The zero-order chi connectivity index (χ0) is 20.4. The van der Waals surface area contributed by atoms with Gasteiger partial charge in [-0.3, -0.25) is 9.59 Å². The number of hydrogen-bond acceptors (Lipinski definition) is 5. The average Bonchev–Trinajstić information content (AvgIpc) is 3.09. The molecule has 1 N–H and O–H groups in total. The molecule has 0 saturated heterocycles. The molecule has 0 aromatic carbocycles. The second-order valence-corrected chi connectivity index (χ2v) is 7.45. The standard InChI is InChI=1S/C19H31N3O5/c1-12(2)26-17(14-7-5-6-8-14)18(24)22-16(19(25)27-13(3)4)10-9-15(23)11-21-20/h11-14,16-17H,5-10H2,1-4H3,(H,22,24)/t16-,17-/m0/s1. The number of rotatable bonds is 11. The van der Waals surface area contributed by atoms with Crippen LogP contribution in [0.1, 0.15) is 66.2 Å². The van der Waals surface area contributed by atoms with E-state index in [-0.39, 0.29) is 36.9 Å². The molecule has 0 bridgehead atoms. The molecule has 0 heterocycles. The summed E-state index contributed by atoms with van der Waals surface area (Å²) in [5.74, 6) is -1.27. The van der Waals surface area contributed by atoms with Crippen LogP contribution in [0.5, 0.6) is 0 Å². The molecule has 2 atom stereocenters. The van der Waals surface area contributed by atoms with E-state index >= 15 is 0 Å². The number of amides is 1. The molecule has 1 fully saturated rings. The Balaban J connectivity index is 2.84. The van der Waals surface area contributed by atoms with Gasteiger partial charge in [-0.15, -0.1) is 0 Å². The van der Waals surface area contributed by atoms with Gasteiger partial charge in [0.2, 0.25) is 11.7 Å². The SMILES string of the molecule is CC(C)OC(=O)[C@H](CCC(=O)C=[N+]=[N-])NC(=O)[C@@H](OC(C)C)C1CCCC1. The first-order valence-corrected chi connectivity index (χ1v) is 9.61. The topological polar surface area (TPSA) is 118 Å². The molecule has 1 rings (SSSR count). The maximum atomic E-state index is 12.8. The number of nitrogens with zero attached hydrogens (tertiary/aromatic N) is 2. The van der Waals surface area contributed by atoms with E-state index in [1.165, 1.54) is 0 Å². The molecule has 0 aromatic heterocycles. The van der Waals surface area contributed by atoms with Crippen LogP contribution in [0.25, 0.3) is 5.53 Å².